The maximum atomic E-state index is 11.0. The number of carbonyl (C=O) groups is 1. The van der Waals surface area contributed by atoms with Crippen LogP contribution in [0.25, 0.3) is 0 Å². The smallest absolute Gasteiger partial charge is 0.336 e. The maximum absolute atomic E-state index is 11.0. The number of nitrogens with two attached hydrogens (primary N) is 1. The van der Waals surface area contributed by atoms with Crippen molar-refractivity contribution in [1.82, 2.24) is 0 Å². The number of fused-ring (bicyclic) bond motifs is 1. The van der Waals surface area contributed by atoms with Gasteiger partial charge in [-0.2, -0.15) is 0 Å². The molecule has 0 amide bonds. The van der Waals surface area contributed by atoms with Gasteiger partial charge in [-0.1, -0.05) is 6.92 Å². The zero-order chi connectivity index (χ0) is 11.0. The van der Waals surface area contributed by atoms with Gasteiger partial charge in [0, 0.05) is 5.56 Å². The lowest BCUT2D eigenvalue weighted by atomic mass is 10.0. The molecule has 3 N–H and O–H groups in total. The van der Waals surface area contributed by atoms with Gasteiger partial charge >= 0.3 is 5.97 Å². The second kappa shape index (κ2) is 3.34. The molecule has 80 valence electrons. The van der Waals surface area contributed by atoms with Crippen LogP contribution in [0.3, 0.4) is 0 Å². The zero-order valence-electron chi connectivity index (χ0n) is 8.24. The number of rotatable bonds is 2. The molecule has 0 saturated heterocycles. The van der Waals surface area contributed by atoms with E-state index in [0.717, 1.165) is 0 Å². The van der Waals surface area contributed by atoms with Crippen molar-refractivity contribution in [2.45, 2.75) is 13.3 Å². The van der Waals surface area contributed by atoms with Gasteiger partial charge in [0.15, 0.2) is 11.5 Å². The summed E-state index contributed by atoms with van der Waals surface area (Å²) in [6.45, 7) is 1.95. The third-order valence-electron chi connectivity index (χ3n) is 2.36. The lowest BCUT2D eigenvalue weighted by Gasteiger charge is -2.09. The molecule has 5 heteroatoms. The first-order valence-corrected chi connectivity index (χ1v) is 4.59. The molecule has 1 heterocycles. The predicted molar refractivity (Wildman–Crippen MR) is 53.3 cm³/mol. The van der Waals surface area contributed by atoms with Crippen molar-refractivity contribution in [2.24, 2.45) is 0 Å². The molecule has 1 aliphatic heterocycles. The normalized spacial score (nSPS) is 12.9. The highest BCUT2D eigenvalue weighted by Crippen LogP contribution is 2.42. The van der Waals surface area contributed by atoms with Gasteiger partial charge < -0.3 is 20.3 Å². The van der Waals surface area contributed by atoms with E-state index in [2.05, 4.69) is 0 Å². The summed E-state index contributed by atoms with van der Waals surface area (Å²) >= 11 is 0. The summed E-state index contributed by atoms with van der Waals surface area (Å²) in [5, 5.41) is 9.00. The van der Waals surface area contributed by atoms with Crippen LogP contribution in [0.15, 0.2) is 6.07 Å². The van der Waals surface area contributed by atoms with E-state index in [4.69, 9.17) is 20.3 Å². The molecule has 0 fully saturated rings. The number of carboxylic acids is 1. The second-order valence-corrected chi connectivity index (χ2v) is 3.22. The molecule has 0 saturated carbocycles. The van der Waals surface area contributed by atoms with Gasteiger partial charge in [0.2, 0.25) is 6.79 Å². The Labute approximate surface area is 86.4 Å². The van der Waals surface area contributed by atoms with Crippen LogP contribution in [0.4, 0.5) is 5.69 Å². The van der Waals surface area contributed by atoms with Crippen molar-refractivity contribution in [2.75, 3.05) is 12.5 Å². The van der Waals surface area contributed by atoms with E-state index in [1.165, 1.54) is 6.07 Å². The molecule has 0 bridgehead atoms. The number of anilines is 1. The summed E-state index contributed by atoms with van der Waals surface area (Å²) < 4.78 is 10.4. The van der Waals surface area contributed by atoms with Gasteiger partial charge in [0.1, 0.15) is 0 Å². The first kappa shape index (κ1) is 9.64. The monoisotopic (exact) mass is 209 g/mol. The second-order valence-electron chi connectivity index (χ2n) is 3.22. The number of hydrogen-bond donors (Lipinski definition) is 2. The Kier molecular flexibility index (Phi) is 2.15. The molecule has 0 aromatic heterocycles. The SMILES string of the molecule is CCc1c(C(=O)O)cc(N)c2c1OCO2. The minimum Gasteiger partial charge on any atom is -0.478 e. The molecular weight excluding hydrogens is 198 g/mol. The minimum atomic E-state index is -1.00. The Hall–Kier alpha value is -1.91. The van der Waals surface area contributed by atoms with E-state index < -0.39 is 5.97 Å². The summed E-state index contributed by atoms with van der Waals surface area (Å²) in [4.78, 5) is 11.0. The molecule has 15 heavy (non-hydrogen) atoms. The Bertz CT molecular complexity index is 428. The zero-order valence-corrected chi connectivity index (χ0v) is 8.24. The Balaban J connectivity index is 2.68. The highest BCUT2D eigenvalue weighted by molar-refractivity contribution is 5.93. The summed E-state index contributed by atoms with van der Waals surface area (Å²) in [6, 6.07) is 1.41. The molecule has 0 atom stereocenters. The fourth-order valence-corrected chi connectivity index (χ4v) is 1.69. The average Bonchev–Trinajstić information content (AvgIpc) is 2.66. The first-order valence-electron chi connectivity index (χ1n) is 4.59. The number of carboxylic acid groups (broad SMARTS) is 1. The highest BCUT2D eigenvalue weighted by atomic mass is 16.7. The Morgan fingerprint density at radius 2 is 2.20 bits per heavy atom. The van der Waals surface area contributed by atoms with Gasteiger partial charge in [-0.15, -0.1) is 0 Å². The van der Waals surface area contributed by atoms with Crippen molar-refractivity contribution in [3.05, 3.63) is 17.2 Å². The van der Waals surface area contributed by atoms with Crippen molar-refractivity contribution in [3.8, 4) is 11.5 Å². The van der Waals surface area contributed by atoms with Crippen molar-refractivity contribution < 1.29 is 19.4 Å². The number of benzene rings is 1. The van der Waals surface area contributed by atoms with Crippen LogP contribution in [0, 0.1) is 0 Å². The van der Waals surface area contributed by atoms with E-state index in [1.807, 2.05) is 6.92 Å². The molecule has 0 unspecified atom stereocenters. The molecule has 2 rings (SSSR count). The third-order valence-corrected chi connectivity index (χ3v) is 2.36. The van der Waals surface area contributed by atoms with E-state index in [9.17, 15) is 4.79 Å². The number of nitrogen functional groups attached to an aromatic ring is 1. The van der Waals surface area contributed by atoms with Gasteiger partial charge in [-0.05, 0) is 12.5 Å². The summed E-state index contributed by atoms with van der Waals surface area (Å²) in [5.74, 6) is -0.0800. The van der Waals surface area contributed by atoms with Crippen molar-refractivity contribution in [1.29, 1.82) is 0 Å². The number of aromatic carboxylic acids is 1. The Morgan fingerprint density at radius 1 is 1.53 bits per heavy atom. The summed E-state index contributed by atoms with van der Waals surface area (Å²) in [5.41, 5.74) is 6.78. The number of hydrogen-bond acceptors (Lipinski definition) is 4. The third kappa shape index (κ3) is 1.36. The first-order chi connectivity index (χ1) is 7.15. The Morgan fingerprint density at radius 3 is 2.80 bits per heavy atom. The molecule has 1 aliphatic rings. The lowest BCUT2D eigenvalue weighted by Crippen LogP contribution is -2.04. The van der Waals surface area contributed by atoms with Crippen LogP contribution < -0.4 is 15.2 Å². The average molecular weight is 209 g/mol. The van der Waals surface area contributed by atoms with E-state index in [0.29, 0.717) is 29.2 Å². The van der Waals surface area contributed by atoms with Gasteiger partial charge in [-0.25, -0.2) is 4.79 Å². The molecule has 1 aromatic carbocycles. The molecule has 1 aromatic rings. The predicted octanol–water partition coefficient (Wildman–Crippen LogP) is 1.26. The van der Waals surface area contributed by atoms with Gasteiger partial charge in [0.05, 0.1) is 11.3 Å². The van der Waals surface area contributed by atoms with Crippen molar-refractivity contribution in [3.63, 3.8) is 0 Å². The van der Waals surface area contributed by atoms with Crippen LogP contribution >= 0.6 is 0 Å². The van der Waals surface area contributed by atoms with Crippen LogP contribution in [-0.2, 0) is 6.42 Å². The molecule has 0 radical (unpaired) electrons. The van der Waals surface area contributed by atoms with Crippen molar-refractivity contribution >= 4 is 11.7 Å². The lowest BCUT2D eigenvalue weighted by molar-refractivity contribution is 0.0695. The van der Waals surface area contributed by atoms with E-state index in [-0.39, 0.29) is 12.4 Å². The molecule has 5 nitrogen and oxygen atoms in total. The topological polar surface area (TPSA) is 81.8 Å². The molecule has 0 spiro atoms. The highest BCUT2D eigenvalue weighted by Gasteiger charge is 2.25. The maximum Gasteiger partial charge on any atom is 0.336 e. The quantitative estimate of drug-likeness (QED) is 0.716. The van der Waals surface area contributed by atoms with E-state index >= 15 is 0 Å². The standard InChI is InChI=1S/C10H11NO4/c1-2-5-6(10(12)13)3-7(11)9-8(5)14-4-15-9/h3H,2,4,11H2,1H3,(H,12,13). The largest absolute Gasteiger partial charge is 0.478 e. The van der Waals surface area contributed by atoms with E-state index in [1.54, 1.807) is 0 Å². The van der Waals surface area contributed by atoms with Crippen LogP contribution in [0.5, 0.6) is 11.5 Å². The number of ether oxygens (including phenoxy) is 2. The van der Waals surface area contributed by atoms with Crippen LogP contribution in [0.1, 0.15) is 22.8 Å². The fourth-order valence-electron chi connectivity index (χ4n) is 1.69. The molecule has 0 aliphatic carbocycles. The minimum absolute atomic E-state index is 0.0929. The van der Waals surface area contributed by atoms with Gasteiger partial charge in [-0.3, -0.25) is 0 Å². The van der Waals surface area contributed by atoms with Gasteiger partial charge in [0.25, 0.3) is 0 Å². The fraction of sp³-hybridized carbons (Fsp3) is 0.300. The van der Waals surface area contributed by atoms with Crippen LogP contribution in [-0.4, -0.2) is 17.9 Å². The summed E-state index contributed by atoms with van der Waals surface area (Å²) in [7, 11) is 0. The summed E-state index contributed by atoms with van der Waals surface area (Å²) in [6.07, 6.45) is 0.563. The molecular formula is C10H11NO4. The van der Waals surface area contributed by atoms with Crippen LogP contribution in [0.2, 0.25) is 0 Å².